The van der Waals surface area contributed by atoms with Crippen LogP contribution in [0.4, 0.5) is 4.39 Å². The van der Waals surface area contributed by atoms with Crippen molar-refractivity contribution in [3.8, 4) is 0 Å². The minimum Gasteiger partial charge on any atom is -0.481 e. The van der Waals surface area contributed by atoms with Crippen molar-refractivity contribution in [3.63, 3.8) is 0 Å². The molecule has 0 spiro atoms. The molecule has 1 unspecified atom stereocenters. The second kappa shape index (κ2) is 9.74. The number of carbonyl (C=O) groups is 1. The first-order valence-corrected chi connectivity index (χ1v) is 12.8. The molecule has 2 aliphatic carbocycles. The lowest BCUT2D eigenvalue weighted by Gasteiger charge is -2.47. The molecule has 34 heavy (non-hydrogen) atoms. The lowest BCUT2D eigenvalue weighted by atomic mass is 9.67. The van der Waals surface area contributed by atoms with E-state index >= 15 is 0 Å². The largest absolute Gasteiger partial charge is 0.481 e. The van der Waals surface area contributed by atoms with Crippen molar-refractivity contribution in [3.05, 3.63) is 65.7 Å². The third-order valence-corrected chi connectivity index (χ3v) is 8.61. The second-order valence-electron chi connectivity index (χ2n) is 11.0. The summed E-state index contributed by atoms with van der Waals surface area (Å²) >= 11 is 0. The standard InChI is InChI=1S/C28H36FN3O2/c29-23-7-8-24(31-18-23)16-27(19-30-17-22-15-25(22)21-5-2-1-3-6-21)11-13-32(14-12-27)20-28(26(33)34)9-4-10-28/h1-3,5-8,18,22,25,30H,4,9-17,19-20H2,(H,33,34)/t22-,25?/m0/s1. The summed E-state index contributed by atoms with van der Waals surface area (Å²) in [6, 6.07) is 14.1. The van der Waals surface area contributed by atoms with E-state index in [4.69, 9.17) is 0 Å². The molecule has 5 rings (SSSR count). The number of halogens is 1. The van der Waals surface area contributed by atoms with E-state index in [0.717, 1.165) is 70.4 Å². The summed E-state index contributed by atoms with van der Waals surface area (Å²) in [4.78, 5) is 18.5. The van der Waals surface area contributed by atoms with Crippen LogP contribution in [0.1, 0.15) is 55.7 Å². The van der Waals surface area contributed by atoms with Crippen molar-refractivity contribution in [2.75, 3.05) is 32.7 Å². The molecular weight excluding hydrogens is 429 g/mol. The summed E-state index contributed by atoms with van der Waals surface area (Å²) in [5.74, 6) is 0.425. The molecule has 0 radical (unpaired) electrons. The summed E-state index contributed by atoms with van der Waals surface area (Å²) in [6.45, 7) is 4.43. The molecule has 2 aromatic rings. The van der Waals surface area contributed by atoms with Gasteiger partial charge in [-0.05, 0) is 93.1 Å². The number of nitrogens with one attached hydrogen (secondary N) is 1. The summed E-state index contributed by atoms with van der Waals surface area (Å²) in [5, 5.41) is 13.5. The molecule has 1 aromatic carbocycles. The van der Waals surface area contributed by atoms with E-state index in [1.165, 1.54) is 24.2 Å². The minimum absolute atomic E-state index is 0.0640. The zero-order valence-corrected chi connectivity index (χ0v) is 19.9. The average Bonchev–Trinajstić information content (AvgIpc) is 3.59. The molecule has 0 bridgehead atoms. The van der Waals surface area contributed by atoms with Crippen LogP contribution in [-0.2, 0) is 11.2 Å². The molecule has 2 N–H and O–H groups in total. The van der Waals surface area contributed by atoms with Gasteiger partial charge in [0.1, 0.15) is 5.82 Å². The Morgan fingerprint density at radius 1 is 1.12 bits per heavy atom. The molecule has 1 aromatic heterocycles. The van der Waals surface area contributed by atoms with E-state index in [9.17, 15) is 14.3 Å². The first kappa shape index (κ1) is 23.4. The summed E-state index contributed by atoms with van der Waals surface area (Å²) < 4.78 is 13.4. The van der Waals surface area contributed by atoms with Crippen molar-refractivity contribution >= 4 is 5.97 Å². The van der Waals surface area contributed by atoms with Crippen LogP contribution < -0.4 is 5.32 Å². The third kappa shape index (κ3) is 5.18. The third-order valence-electron chi connectivity index (χ3n) is 8.61. The van der Waals surface area contributed by atoms with Crippen LogP contribution in [-0.4, -0.2) is 53.7 Å². The van der Waals surface area contributed by atoms with Crippen LogP contribution in [0.25, 0.3) is 0 Å². The molecule has 2 saturated carbocycles. The van der Waals surface area contributed by atoms with Crippen LogP contribution in [0.5, 0.6) is 0 Å². The Morgan fingerprint density at radius 2 is 1.88 bits per heavy atom. The van der Waals surface area contributed by atoms with Gasteiger partial charge in [-0.15, -0.1) is 0 Å². The molecule has 2 atom stereocenters. The van der Waals surface area contributed by atoms with E-state index in [-0.39, 0.29) is 11.2 Å². The van der Waals surface area contributed by atoms with Crippen LogP contribution in [0.15, 0.2) is 48.7 Å². The smallest absolute Gasteiger partial charge is 0.310 e. The highest BCUT2D eigenvalue weighted by Crippen LogP contribution is 2.47. The normalized spacial score (nSPS) is 25.4. The van der Waals surface area contributed by atoms with Gasteiger partial charge in [0, 0.05) is 18.8 Å². The van der Waals surface area contributed by atoms with Crippen molar-refractivity contribution in [2.45, 2.75) is 50.9 Å². The summed E-state index contributed by atoms with van der Waals surface area (Å²) in [5.41, 5.74) is 1.91. The molecule has 0 amide bonds. The van der Waals surface area contributed by atoms with Crippen LogP contribution >= 0.6 is 0 Å². The van der Waals surface area contributed by atoms with Crippen LogP contribution in [0.2, 0.25) is 0 Å². The Morgan fingerprint density at radius 3 is 2.50 bits per heavy atom. The fraction of sp³-hybridized carbons (Fsp3) is 0.571. The van der Waals surface area contributed by atoms with Gasteiger partial charge in [-0.2, -0.15) is 0 Å². The Kier molecular flexibility index (Phi) is 6.72. The number of aliphatic carboxylic acids is 1. The Bertz CT molecular complexity index is 969. The molecule has 5 nitrogen and oxygen atoms in total. The number of hydrogen-bond donors (Lipinski definition) is 2. The van der Waals surface area contributed by atoms with Gasteiger partial charge < -0.3 is 15.3 Å². The topological polar surface area (TPSA) is 65.5 Å². The van der Waals surface area contributed by atoms with Crippen molar-refractivity contribution in [1.29, 1.82) is 0 Å². The summed E-state index contributed by atoms with van der Waals surface area (Å²) in [7, 11) is 0. The number of pyridine rings is 1. The predicted octanol–water partition coefficient (Wildman–Crippen LogP) is 4.49. The maximum absolute atomic E-state index is 13.4. The molecule has 1 saturated heterocycles. The van der Waals surface area contributed by atoms with Gasteiger partial charge in [-0.3, -0.25) is 9.78 Å². The van der Waals surface area contributed by atoms with Gasteiger partial charge in [-0.25, -0.2) is 4.39 Å². The minimum atomic E-state index is -0.634. The molecule has 1 aliphatic heterocycles. The van der Waals surface area contributed by atoms with E-state index in [2.05, 4.69) is 45.5 Å². The van der Waals surface area contributed by atoms with Gasteiger partial charge in [0.2, 0.25) is 0 Å². The molecule has 2 heterocycles. The van der Waals surface area contributed by atoms with Crippen molar-refractivity contribution in [1.82, 2.24) is 15.2 Å². The highest BCUT2D eigenvalue weighted by atomic mass is 19.1. The zero-order valence-electron chi connectivity index (χ0n) is 19.9. The quantitative estimate of drug-likeness (QED) is 0.541. The zero-order chi connectivity index (χ0) is 23.6. The van der Waals surface area contributed by atoms with Crippen LogP contribution in [0, 0.1) is 22.6 Å². The predicted molar refractivity (Wildman–Crippen MR) is 130 cm³/mol. The number of nitrogens with zero attached hydrogens (tertiary/aromatic N) is 2. The number of likely N-dealkylation sites (tertiary alicyclic amines) is 1. The maximum atomic E-state index is 13.4. The monoisotopic (exact) mass is 465 g/mol. The fourth-order valence-corrected chi connectivity index (χ4v) is 6.07. The number of rotatable bonds is 10. The fourth-order valence-electron chi connectivity index (χ4n) is 6.07. The van der Waals surface area contributed by atoms with Crippen molar-refractivity contribution < 1.29 is 14.3 Å². The van der Waals surface area contributed by atoms with Crippen LogP contribution in [0.3, 0.4) is 0 Å². The number of aromatic nitrogens is 1. The average molecular weight is 466 g/mol. The Hall–Kier alpha value is -2.31. The Labute approximate surface area is 201 Å². The van der Waals surface area contributed by atoms with E-state index in [1.54, 1.807) is 0 Å². The number of carboxylic acids is 1. The van der Waals surface area contributed by atoms with Gasteiger partial charge in [0.15, 0.2) is 0 Å². The van der Waals surface area contributed by atoms with Gasteiger partial charge in [0.25, 0.3) is 0 Å². The highest BCUT2D eigenvalue weighted by molar-refractivity contribution is 5.76. The maximum Gasteiger partial charge on any atom is 0.310 e. The second-order valence-corrected chi connectivity index (χ2v) is 11.0. The molecule has 3 aliphatic rings. The molecule has 6 heteroatoms. The number of benzene rings is 1. The van der Waals surface area contributed by atoms with E-state index in [0.29, 0.717) is 18.4 Å². The van der Waals surface area contributed by atoms with Gasteiger partial charge in [0.05, 0.1) is 11.6 Å². The van der Waals surface area contributed by atoms with Gasteiger partial charge >= 0.3 is 5.97 Å². The lowest BCUT2D eigenvalue weighted by Crippen LogP contribution is -2.52. The first-order valence-electron chi connectivity index (χ1n) is 12.8. The van der Waals surface area contributed by atoms with E-state index < -0.39 is 11.4 Å². The number of piperidine rings is 1. The number of hydrogen-bond acceptors (Lipinski definition) is 4. The van der Waals surface area contributed by atoms with E-state index in [1.807, 2.05) is 6.07 Å². The van der Waals surface area contributed by atoms with Gasteiger partial charge in [-0.1, -0.05) is 36.8 Å². The number of carboxylic acid groups (broad SMARTS) is 1. The SMILES string of the molecule is O=C(O)C1(CN2CCC(CNC[C@@H]3CC3c3ccccc3)(Cc3ccc(F)cn3)CC2)CCC1. The molecule has 3 fully saturated rings. The first-order chi connectivity index (χ1) is 16.5. The molecular formula is C28H36FN3O2. The summed E-state index contributed by atoms with van der Waals surface area (Å²) in [6.07, 6.45) is 8.01. The van der Waals surface area contributed by atoms with Crippen molar-refractivity contribution in [2.24, 2.45) is 16.7 Å². The Balaban J connectivity index is 1.19. The lowest BCUT2D eigenvalue weighted by molar-refractivity contribution is -0.156. The molecule has 182 valence electrons. The highest BCUT2D eigenvalue weighted by Gasteiger charge is 2.47.